The highest BCUT2D eigenvalue weighted by Gasteiger charge is 2.37. The molecule has 0 bridgehead atoms. The molecule has 21 heavy (non-hydrogen) atoms. The van der Waals surface area contributed by atoms with E-state index in [4.69, 9.17) is 4.74 Å². The Morgan fingerprint density at radius 1 is 1.38 bits per heavy atom. The molecule has 1 atom stereocenters. The Labute approximate surface area is 124 Å². The zero-order valence-corrected chi connectivity index (χ0v) is 12.6. The molecule has 3 rings (SSSR count). The van der Waals surface area contributed by atoms with E-state index in [-0.39, 0.29) is 10.8 Å². The molecule has 1 fully saturated rings. The summed E-state index contributed by atoms with van der Waals surface area (Å²) >= 11 is 0. The van der Waals surface area contributed by atoms with Gasteiger partial charge < -0.3 is 10.1 Å². The zero-order valence-electron chi connectivity index (χ0n) is 11.8. The second-order valence-corrected chi connectivity index (χ2v) is 7.14. The van der Waals surface area contributed by atoms with E-state index in [1.807, 2.05) is 6.07 Å². The highest BCUT2D eigenvalue weighted by molar-refractivity contribution is 7.89. The number of nitrogens with one attached hydrogen (secondary N) is 1. The van der Waals surface area contributed by atoms with Gasteiger partial charge in [-0.1, -0.05) is 12.1 Å². The van der Waals surface area contributed by atoms with Crippen LogP contribution in [0, 0.1) is 0 Å². The van der Waals surface area contributed by atoms with Gasteiger partial charge in [-0.05, 0) is 25.0 Å². The summed E-state index contributed by atoms with van der Waals surface area (Å²) in [5.74, 6) is 0.180. The summed E-state index contributed by atoms with van der Waals surface area (Å²) in [4.78, 5) is 12.1. The minimum Gasteiger partial charge on any atom is -0.492 e. The third-order valence-electron chi connectivity index (χ3n) is 3.93. The smallest absolute Gasteiger partial charge is 0.247 e. The molecule has 0 radical (unpaired) electrons. The van der Waals surface area contributed by atoms with Gasteiger partial charge in [0.05, 0.1) is 6.61 Å². The number of para-hydroxylation sites is 1. The van der Waals surface area contributed by atoms with Crippen molar-refractivity contribution in [2.45, 2.75) is 30.7 Å². The Hall–Kier alpha value is -1.60. The van der Waals surface area contributed by atoms with Crippen molar-refractivity contribution in [3.05, 3.63) is 23.8 Å². The number of rotatable bonds is 2. The van der Waals surface area contributed by atoms with Crippen LogP contribution >= 0.6 is 0 Å². The zero-order chi connectivity index (χ0) is 15.0. The molecule has 1 N–H and O–H groups in total. The summed E-state index contributed by atoms with van der Waals surface area (Å²) in [6.07, 6.45) is 1.32. The van der Waals surface area contributed by atoms with E-state index in [0.717, 1.165) is 5.56 Å². The molecule has 1 aromatic carbocycles. The molecule has 114 valence electrons. The Bertz CT molecular complexity index is 672. The molecule has 1 unspecified atom stereocenters. The number of ether oxygens (including phenoxy) is 1. The maximum Gasteiger partial charge on any atom is 0.247 e. The predicted molar refractivity (Wildman–Crippen MR) is 76.6 cm³/mol. The van der Waals surface area contributed by atoms with E-state index in [9.17, 15) is 13.2 Å². The Morgan fingerprint density at radius 2 is 2.19 bits per heavy atom. The largest absolute Gasteiger partial charge is 0.492 e. The average molecular weight is 310 g/mol. The van der Waals surface area contributed by atoms with Gasteiger partial charge in [-0.15, -0.1) is 0 Å². The van der Waals surface area contributed by atoms with Crippen LogP contribution in [0.4, 0.5) is 0 Å². The third kappa shape index (κ3) is 2.40. The Kier molecular flexibility index (Phi) is 3.62. The van der Waals surface area contributed by atoms with Crippen LogP contribution in [0.5, 0.6) is 5.75 Å². The number of benzene rings is 1. The summed E-state index contributed by atoms with van der Waals surface area (Å²) in [6, 6.07) is 4.44. The molecule has 1 amide bonds. The molecule has 1 saturated heterocycles. The van der Waals surface area contributed by atoms with Crippen LogP contribution in [-0.4, -0.2) is 44.4 Å². The SMILES string of the molecule is CC1C(=O)NCCCN1S(=O)(=O)c1cccc2c1OCC2. The molecule has 0 saturated carbocycles. The molecular formula is C14H18N2O4S. The fourth-order valence-corrected chi connectivity index (χ4v) is 4.57. The lowest BCUT2D eigenvalue weighted by Crippen LogP contribution is -2.45. The van der Waals surface area contributed by atoms with Crippen molar-refractivity contribution in [3.63, 3.8) is 0 Å². The van der Waals surface area contributed by atoms with Gasteiger partial charge in [0.25, 0.3) is 0 Å². The van der Waals surface area contributed by atoms with Crippen molar-refractivity contribution < 1.29 is 17.9 Å². The van der Waals surface area contributed by atoms with Gasteiger partial charge in [-0.3, -0.25) is 4.79 Å². The summed E-state index contributed by atoms with van der Waals surface area (Å²) in [5, 5.41) is 2.72. The standard InChI is InChI=1S/C14H18N2O4S/c1-10-14(17)15-7-3-8-16(10)21(18,19)12-5-2-4-11-6-9-20-13(11)12/h2,4-5,10H,3,6-9H2,1H3,(H,15,17). The number of hydrogen-bond donors (Lipinski definition) is 1. The lowest BCUT2D eigenvalue weighted by molar-refractivity contribution is -0.123. The van der Waals surface area contributed by atoms with Crippen molar-refractivity contribution in [1.29, 1.82) is 0 Å². The van der Waals surface area contributed by atoms with Gasteiger partial charge >= 0.3 is 0 Å². The topological polar surface area (TPSA) is 75.7 Å². The van der Waals surface area contributed by atoms with Gasteiger partial charge in [0.15, 0.2) is 0 Å². The number of carbonyl (C=O) groups is 1. The summed E-state index contributed by atoms with van der Waals surface area (Å²) < 4.78 is 32.6. The van der Waals surface area contributed by atoms with Crippen LogP contribution in [0.25, 0.3) is 0 Å². The van der Waals surface area contributed by atoms with E-state index in [0.29, 0.717) is 38.3 Å². The fraction of sp³-hybridized carbons (Fsp3) is 0.500. The lowest BCUT2D eigenvalue weighted by Gasteiger charge is -2.25. The van der Waals surface area contributed by atoms with Gasteiger partial charge in [0, 0.05) is 19.5 Å². The second kappa shape index (κ2) is 5.31. The molecule has 6 nitrogen and oxygen atoms in total. The maximum atomic E-state index is 12.9. The van der Waals surface area contributed by atoms with Gasteiger partial charge in [0.2, 0.25) is 15.9 Å². The summed E-state index contributed by atoms with van der Waals surface area (Å²) in [6.45, 7) is 2.94. The number of nitrogens with zero attached hydrogens (tertiary/aromatic N) is 1. The minimum absolute atomic E-state index is 0.166. The van der Waals surface area contributed by atoms with E-state index >= 15 is 0 Å². The molecule has 0 spiro atoms. The van der Waals surface area contributed by atoms with Gasteiger partial charge in [-0.2, -0.15) is 4.31 Å². The van der Waals surface area contributed by atoms with Crippen LogP contribution in [0.15, 0.2) is 23.1 Å². The normalized spacial score (nSPS) is 23.1. The lowest BCUT2D eigenvalue weighted by atomic mass is 10.2. The van der Waals surface area contributed by atoms with Crippen LogP contribution in [0.3, 0.4) is 0 Å². The molecule has 0 aliphatic carbocycles. The maximum absolute atomic E-state index is 12.9. The Balaban J connectivity index is 2.04. The second-order valence-electron chi connectivity index (χ2n) is 5.28. The molecular weight excluding hydrogens is 292 g/mol. The van der Waals surface area contributed by atoms with Crippen LogP contribution in [0.2, 0.25) is 0 Å². The fourth-order valence-electron chi connectivity index (χ4n) is 2.76. The average Bonchev–Trinajstić information content (AvgIpc) is 2.87. The Morgan fingerprint density at radius 3 is 3.00 bits per heavy atom. The summed E-state index contributed by atoms with van der Waals surface area (Å²) in [5.41, 5.74) is 0.906. The first-order valence-electron chi connectivity index (χ1n) is 7.06. The molecule has 2 aliphatic heterocycles. The van der Waals surface area contributed by atoms with Gasteiger partial charge in [0.1, 0.15) is 16.7 Å². The molecule has 7 heteroatoms. The van der Waals surface area contributed by atoms with Crippen molar-refractivity contribution in [3.8, 4) is 5.75 Å². The van der Waals surface area contributed by atoms with Crippen LogP contribution in [0.1, 0.15) is 18.9 Å². The number of carbonyl (C=O) groups excluding carboxylic acids is 1. The van der Waals surface area contributed by atoms with Crippen molar-refractivity contribution in [2.24, 2.45) is 0 Å². The number of hydrogen-bond acceptors (Lipinski definition) is 4. The van der Waals surface area contributed by atoms with Crippen LogP contribution in [-0.2, 0) is 21.2 Å². The first kappa shape index (κ1) is 14.3. The van der Waals surface area contributed by atoms with E-state index in [1.165, 1.54) is 4.31 Å². The van der Waals surface area contributed by atoms with Crippen molar-refractivity contribution in [2.75, 3.05) is 19.7 Å². The monoisotopic (exact) mass is 310 g/mol. The van der Waals surface area contributed by atoms with E-state index in [2.05, 4.69) is 5.32 Å². The third-order valence-corrected chi connectivity index (χ3v) is 5.92. The predicted octanol–water partition coefficient (Wildman–Crippen LogP) is 0.521. The van der Waals surface area contributed by atoms with Crippen molar-refractivity contribution in [1.82, 2.24) is 9.62 Å². The molecule has 2 aliphatic rings. The van der Waals surface area contributed by atoms with Gasteiger partial charge in [-0.25, -0.2) is 8.42 Å². The van der Waals surface area contributed by atoms with Crippen molar-refractivity contribution >= 4 is 15.9 Å². The number of amides is 1. The number of sulfonamides is 1. The summed E-state index contributed by atoms with van der Waals surface area (Å²) in [7, 11) is -3.75. The first-order chi connectivity index (χ1) is 10.0. The molecule has 0 aromatic heterocycles. The first-order valence-corrected chi connectivity index (χ1v) is 8.50. The highest BCUT2D eigenvalue weighted by Crippen LogP contribution is 2.35. The molecule has 2 heterocycles. The molecule has 1 aromatic rings. The number of fused-ring (bicyclic) bond motifs is 1. The van der Waals surface area contributed by atoms with E-state index < -0.39 is 16.1 Å². The van der Waals surface area contributed by atoms with E-state index in [1.54, 1.807) is 19.1 Å². The highest BCUT2D eigenvalue weighted by atomic mass is 32.2. The minimum atomic E-state index is -3.75. The quantitative estimate of drug-likeness (QED) is 0.864. The van der Waals surface area contributed by atoms with Crippen LogP contribution < -0.4 is 10.1 Å².